The number of fused-ring (bicyclic) bond motifs is 1. The first-order valence-electron chi connectivity index (χ1n) is 6.92. The summed E-state index contributed by atoms with van der Waals surface area (Å²) in [6, 6.07) is 7.56. The maximum Gasteiger partial charge on any atom is 0.307 e. The van der Waals surface area contributed by atoms with Crippen molar-refractivity contribution in [2.45, 2.75) is 13.0 Å². The van der Waals surface area contributed by atoms with Crippen LogP contribution in [0.25, 0.3) is 10.2 Å². The van der Waals surface area contributed by atoms with Crippen molar-refractivity contribution in [2.24, 2.45) is 0 Å². The molecular weight excluding hydrogens is 316 g/mol. The summed E-state index contributed by atoms with van der Waals surface area (Å²) in [5, 5.41) is 3.09. The highest BCUT2D eigenvalue weighted by atomic mass is 32.1. The number of nitrogens with zero attached hydrogens (tertiary/aromatic N) is 3. The Kier molecular flexibility index (Phi) is 4.33. The number of rotatable bonds is 5. The number of carbonyl (C=O) groups is 2. The second kappa shape index (κ2) is 6.57. The van der Waals surface area contributed by atoms with Gasteiger partial charge in [-0.05, 0) is 12.1 Å². The van der Waals surface area contributed by atoms with E-state index in [0.717, 1.165) is 10.2 Å². The average Bonchev–Trinajstić information content (AvgIpc) is 3.18. The summed E-state index contributed by atoms with van der Waals surface area (Å²) in [5.74, 6) is -0.267. The van der Waals surface area contributed by atoms with Crippen LogP contribution in [0.5, 0.6) is 0 Å². The van der Waals surface area contributed by atoms with E-state index in [0.29, 0.717) is 17.5 Å². The van der Waals surface area contributed by atoms with Crippen LogP contribution in [0.15, 0.2) is 36.7 Å². The van der Waals surface area contributed by atoms with E-state index in [4.69, 9.17) is 0 Å². The standard InChI is InChI=1S/C15H14N4O3S/c1-22-12(20)6-8-19-9-7-16-15(19)18-13(21)14-17-10-4-2-3-5-11(10)23-14/h2-5,7,9H,6,8H2,1H3,(H,16,18,21). The number of methoxy groups -OCH3 is 1. The molecule has 0 atom stereocenters. The molecule has 0 unspecified atom stereocenters. The highest BCUT2D eigenvalue weighted by Crippen LogP contribution is 2.22. The number of thiazole rings is 1. The molecule has 3 rings (SSSR count). The molecule has 1 amide bonds. The van der Waals surface area contributed by atoms with E-state index in [1.54, 1.807) is 17.0 Å². The molecule has 0 aliphatic heterocycles. The van der Waals surface area contributed by atoms with Gasteiger partial charge in [0.25, 0.3) is 5.91 Å². The minimum Gasteiger partial charge on any atom is -0.469 e. The molecule has 0 aliphatic rings. The molecule has 0 saturated heterocycles. The molecule has 0 saturated carbocycles. The van der Waals surface area contributed by atoms with Gasteiger partial charge in [0.15, 0.2) is 5.01 Å². The number of aryl methyl sites for hydroxylation is 1. The fourth-order valence-electron chi connectivity index (χ4n) is 2.05. The predicted molar refractivity (Wildman–Crippen MR) is 86.4 cm³/mol. The van der Waals surface area contributed by atoms with Crippen LogP contribution in [0.3, 0.4) is 0 Å². The van der Waals surface area contributed by atoms with Crippen LogP contribution in [0.2, 0.25) is 0 Å². The monoisotopic (exact) mass is 330 g/mol. The van der Waals surface area contributed by atoms with Crippen LogP contribution in [-0.2, 0) is 16.1 Å². The zero-order valence-electron chi connectivity index (χ0n) is 12.4. The Morgan fingerprint density at radius 2 is 2.17 bits per heavy atom. The summed E-state index contributed by atoms with van der Waals surface area (Å²) in [6.45, 7) is 0.377. The van der Waals surface area contributed by atoms with Crippen LogP contribution in [0, 0.1) is 0 Å². The van der Waals surface area contributed by atoms with Crippen molar-refractivity contribution < 1.29 is 14.3 Å². The van der Waals surface area contributed by atoms with E-state index in [9.17, 15) is 9.59 Å². The third-order valence-corrected chi connectivity index (χ3v) is 4.25. The summed E-state index contributed by atoms with van der Waals surface area (Å²) in [6.07, 6.45) is 3.46. The van der Waals surface area contributed by atoms with Crippen LogP contribution < -0.4 is 5.32 Å². The van der Waals surface area contributed by atoms with Crippen LogP contribution in [0.1, 0.15) is 16.2 Å². The van der Waals surface area contributed by atoms with E-state index in [2.05, 4.69) is 20.0 Å². The van der Waals surface area contributed by atoms with E-state index in [1.165, 1.54) is 18.4 Å². The minimum atomic E-state index is -0.322. The Morgan fingerprint density at radius 1 is 1.35 bits per heavy atom. The summed E-state index contributed by atoms with van der Waals surface area (Å²) in [4.78, 5) is 31.9. The number of ether oxygens (including phenoxy) is 1. The number of esters is 1. The molecule has 8 heteroatoms. The second-order valence-electron chi connectivity index (χ2n) is 4.71. The molecule has 2 aromatic heterocycles. The summed E-state index contributed by atoms with van der Waals surface area (Å²) < 4.78 is 7.24. The number of nitrogens with one attached hydrogen (secondary N) is 1. The molecule has 0 aliphatic carbocycles. The number of carbonyl (C=O) groups excluding carboxylic acids is 2. The Hall–Kier alpha value is -2.74. The Balaban J connectivity index is 1.73. The summed E-state index contributed by atoms with van der Waals surface area (Å²) in [5.41, 5.74) is 0.789. The molecule has 0 spiro atoms. The first-order chi connectivity index (χ1) is 11.2. The number of anilines is 1. The fraction of sp³-hybridized carbons (Fsp3) is 0.200. The molecule has 0 radical (unpaired) electrons. The molecular formula is C15H14N4O3S. The maximum atomic E-state index is 12.3. The topological polar surface area (TPSA) is 86.1 Å². The zero-order valence-corrected chi connectivity index (χ0v) is 13.2. The second-order valence-corrected chi connectivity index (χ2v) is 5.74. The van der Waals surface area contributed by atoms with E-state index < -0.39 is 0 Å². The summed E-state index contributed by atoms with van der Waals surface area (Å²) >= 11 is 1.32. The number of imidazole rings is 1. The Morgan fingerprint density at radius 3 is 2.96 bits per heavy atom. The molecule has 2 heterocycles. The first kappa shape index (κ1) is 15.2. The van der Waals surface area contributed by atoms with Gasteiger partial charge >= 0.3 is 5.97 Å². The predicted octanol–water partition coefficient (Wildman–Crippen LogP) is 2.31. The number of hydrogen-bond donors (Lipinski definition) is 1. The molecule has 118 valence electrons. The highest BCUT2D eigenvalue weighted by molar-refractivity contribution is 7.20. The van der Waals surface area contributed by atoms with Crippen LogP contribution in [-0.4, -0.2) is 33.5 Å². The number of para-hydroxylation sites is 1. The zero-order chi connectivity index (χ0) is 16.2. The van der Waals surface area contributed by atoms with Gasteiger partial charge in [-0.3, -0.25) is 14.9 Å². The lowest BCUT2D eigenvalue weighted by molar-refractivity contribution is -0.140. The first-order valence-corrected chi connectivity index (χ1v) is 7.74. The summed E-state index contributed by atoms with van der Waals surface area (Å²) in [7, 11) is 1.34. The quantitative estimate of drug-likeness (QED) is 0.726. The molecule has 3 aromatic rings. The van der Waals surface area contributed by atoms with Gasteiger partial charge in [0.2, 0.25) is 5.95 Å². The fourth-order valence-corrected chi connectivity index (χ4v) is 2.91. The van der Waals surface area contributed by atoms with Crippen molar-refractivity contribution in [3.63, 3.8) is 0 Å². The largest absolute Gasteiger partial charge is 0.469 e. The lowest BCUT2D eigenvalue weighted by Gasteiger charge is -2.07. The minimum absolute atomic E-state index is 0.205. The van der Waals surface area contributed by atoms with Gasteiger partial charge in [0.05, 0.1) is 23.7 Å². The number of hydrogen-bond acceptors (Lipinski definition) is 6. The molecule has 0 bridgehead atoms. The van der Waals surface area contributed by atoms with Crippen molar-refractivity contribution in [3.8, 4) is 0 Å². The van der Waals surface area contributed by atoms with Crippen LogP contribution >= 0.6 is 11.3 Å². The van der Waals surface area contributed by atoms with Gasteiger partial charge in [-0.15, -0.1) is 11.3 Å². The Labute approximate surface area is 135 Å². The van der Waals surface area contributed by atoms with Gasteiger partial charge in [0.1, 0.15) is 0 Å². The van der Waals surface area contributed by atoms with E-state index in [-0.39, 0.29) is 18.3 Å². The van der Waals surface area contributed by atoms with Crippen molar-refractivity contribution in [3.05, 3.63) is 41.7 Å². The lowest BCUT2D eigenvalue weighted by atomic mass is 10.3. The third-order valence-electron chi connectivity index (χ3n) is 3.21. The van der Waals surface area contributed by atoms with Crippen molar-refractivity contribution >= 4 is 39.4 Å². The van der Waals surface area contributed by atoms with Gasteiger partial charge in [-0.1, -0.05) is 12.1 Å². The molecule has 7 nitrogen and oxygen atoms in total. The Bertz CT molecular complexity index is 822. The SMILES string of the molecule is COC(=O)CCn1ccnc1NC(=O)c1nc2ccccc2s1. The average molecular weight is 330 g/mol. The van der Waals surface area contributed by atoms with Gasteiger partial charge < -0.3 is 9.30 Å². The van der Waals surface area contributed by atoms with Gasteiger partial charge in [-0.25, -0.2) is 9.97 Å². The van der Waals surface area contributed by atoms with Gasteiger partial charge in [0, 0.05) is 18.9 Å². The van der Waals surface area contributed by atoms with Gasteiger partial charge in [-0.2, -0.15) is 0 Å². The highest BCUT2D eigenvalue weighted by Gasteiger charge is 2.15. The maximum absolute atomic E-state index is 12.3. The van der Waals surface area contributed by atoms with Crippen molar-refractivity contribution in [2.75, 3.05) is 12.4 Å². The smallest absolute Gasteiger partial charge is 0.307 e. The molecule has 1 aromatic carbocycles. The number of aromatic nitrogens is 3. The molecule has 0 fully saturated rings. The van der Waals surface area contributed by atoms with Crippen molar-refractivity contribution in [1.29, 1.82) is 0 Å². The number of benzene rings is 1. The van der Waals surface area contributed by atoms with E-state index >= 15 is 0 Å². The molecule has 23 heavy (non-hydrogen) atoms. The number of amides is 1. The third kappa shape index (κ3) is 3.37. The van der Waals surface area contributed by atoms with Crippen molar-refractivity contribution in [1.82, 2.24) is 14.5 Å². The molecule has 1 N–H and O–H groups in total. The van der Waals surface area contributed by atoms with E-state index in [1.807, 2.05) is 24.3 Å². The lowest BCUT2D eigenvalue weighted by Crippen LogP contribution is -2.16. The van der Waals surface area contributed by atoms with Crippen LogP contribution in [0.4, 0.5) is 5.95 Å². The normalized spacial score (nSPS) is 10.7.